The minimum Gasteiger partial charge on any atom is -0.475 e. The second kappa shape index (κ2) is 6.10. The largest absolute Gasteiger partial charge is 0.475 e. The van der Waals surface area contributed by atoms with Gasteiger partial charge in [0.1, 0.15) is 6.10 Å². The van der Waals surface area contributed by atoms with Crippen molar-refractivity contribution in [3.63, 3.8) is 0 Å². The summed E-state index contributed by atoms with van der Waals surface area (Å²) < 4.78 is 5.94. The number of ether oxygens (including phenoxy) is 1. The summed E-state index contributed by atoms with van der Waals surface area (Å²) in [5, 5.41) is 3.88. The van der Waals surface area contributed by atoms with Crippen LogP contribution in [0.5, 0.6) is 5.88 Å². The van der Waals surface area contributed by atoms with Crippen molar-refractivity contribution in [3.05, 3.63) is 18.1 Å². The van der Waals surface area contributed by atoms with Crippen LogP contribution in [0, 0.1) is 13.3 Å². The Morgan fingerprint density at radius 3 is 2.79 bits per heavy atom. The maximum absolute atomic E-state index is 5.94. The van der Waals surface area contributed by atoms with Crippen LogP contribution in [0.3, 0.4) is 0 Å². The molecule has 19 heavy (non-hydrogen) atoms. The number of fused-ring (bicyclic) bond motifs is 1. The minimum atomic E-state index is 0. The Morgan fingerprint density at radius 1 is 1.37 bits per heavy atom. The summed E-state index contributed by atoms with van der Waals surface area (Å²) in [6.07, 6.45) is 6.37. The number of pyridine rings is 1. The van der Waals surface area contributed by atoms with Crippen molar-refractivity contribution in [3.8, 4) is 5.88 Å². The third kappa shape index (κ3) is 2.87. The third-order valence-electron chi connectivity index (χ3n) is 3.23. The molecule has 1 fully saturated rings. The molecule has 1 aliphatic rings. The fourth-order valence-corrected chi connectivity index (χ4v) is 2.04. The molecule has 3 rings (SSSR count). The van der Waals surface area contributed by atoms with Crippen LogP contribution < -0.4 is 10.1 Å². The quantitative estimate of drug-likeness (QED) is 0.873. The minimum absolute atomic E-state index is 0. The number of hydrogen-bond acceptors (Lipinski definition) is 5. The second-order valence-corrected chi connectivity index (χ2v) is 4.56. The van der Waals surface area contributed by atoms with Crippen LogP contribution in [0.1, 0.15) is 25.0 Å². The summed E-state index contributed by atoms with van der Waals surface area (Å²) >= 11 is 0. The molecule has 2 aromatic rings. The van der Waals surface area contributed by atoms with Crippen molar-refractivity contribution in [2.24, 2.45) is 0 Å². The Balaban J connectivity index is 0.00000133. The molecule has 0 bridgehead atoms. The van der Waals surface area contributed by atoms with Crippen molar-refractivity contribution in [1.29, 1.82) is 0 Å². The third-order valence-corrected chi connectivity index (χ3v) is 3.23. The van der Waals surface area contributed by atoms with Gasteiger partial charge < -0.3 is 20.0 Å². The first kappa shape index (κ1) is 14.6. The van der Waals surface area contributed by atoms with E-state index in [4.69, 9.17) is 4.74 Å². The molecule has 5 nitrogen and oxygen atoms in total. The first-order valence-electron chi connectivity index (χ1n) is 6.18. The van der Waals surface area contributed by atoms with Gasteiger partial charge in [-0.15, -0.1) is 0 Å². The normalized spacial score (nSPS) is 14.6. The molecule has 0 spiro atoms. The van der Waals surface area contributed by atoms with Gasteiger partial charge in [-0.2, -0.15) is 0 Å². The molecular formula is C13H15N4OY-. The van der Waals surface area contributed by atoms with Crippen molar-refractivity contribution in [1.82, 2.24) is 15.0 Å². The average Bonchev–Trinajstić information content (AvgIpc) is 2.32. The SMILES string of the molecule is CNc1n[c-]nc2cc(C)nc(OC3CCC3)c12.[Y]. The topological polar surface area (TPSA) is 59.9 Å². The standard InChI is InChI=1S/C13H15N4O.Y/c1-8-6-10-11(12(14-2)16-7-15-10)13(17-8)18-9-4-3-5-9;/h6,9H,3-5H2,1-2H3,(H,14,15,16);/q-1;. The zero-order valence-corrected chi connectivity index (χ0v) is 13.9. The summed E-state index contributed by atoms with van der Waals surface area (Å²) in [7, 11) is 1.82. The van der Waals surface area contributed by atoms with E-state index in [1.54, 1.807) is 0 Å². The number of anilines is 1. The van der Waals surface area contributed by atoms with Crippen LogP contribution in [0.15, 0.2) is 6.07 Å². The van der Waals surface area contributed by atoms with E-state index < -0.39 is 0 Å². The maximum Gasteiger partial charge on any atom is 0.201 e. The molecule has 2 aromatic heterocycles. The van der Waals surface area contributed by atoms with Crippen LogP contribution in [0.4, 0.5) is 5.82 Å². The Morgan fingerprint density at radius 2 is 2.16 bits per heavy atom. The van der Waals surface area contributed by atoms with E-state index in [2.05, 4.69) is 26.6 Å². The van der Waals surface area contributed by atoms with E-state index in [0.717, 1.165) is 29.4 Å². The molecule has 0 atom stereocenters. The Kier molecular flexibility index (Phi) is 4.69. The predicted molar refractivity (Wildman–Crippen MR) is 68.7 cm³/mol. The first-order valence-corrected chi connectivity index (χ1v) is 6.18. The molecule has 1 aliphatic carbocycles. The molecule has 6 heteroatoms. The second-order valence-electron chi connectivity index (χ2n) is 4.56. The van der Waals surface area contributed by atoms with Gasteiger partial charge in [0.05, 0.1) is 0 Å². The summed E-state index contributed by atoms with van der Waals surface area (Å²) in [6.45, 7) is 1.94. The summed E-state index contributed by atoms with van der Waals surface area (Å²) in [5.41, 5.74) is 1.71. The molecule has 0 amide bonds. The van der Waals surface area contributed by atoms with E-state index in [9.17, 15) is 0 Å². The molecule has 0 aromatic carbocycles. The van der Waals surface area contributed by atoms with Gasteiger partial charge in [0.15, 0.2) is 0 Å². The molecule has 1 saturated carbocycles. The van der Waals surface area contributed by atoms with E-state index in [1.807, 2.05) is 20.0 Å². The molecule has 0 unspecified atom stereocenters. The van der Waals surface area contributed by atoms with Crippen LogP contribution in [0.25, 0.3) is 10.9 Å². The van der Waals surface area contributed by atoms with Crippen molar-refractivity contribution in [2.45, 2.75) is 32.3 Å². The number of hydrogen-bond donors (Lipinski definition) is 1. The molecule has 97 valence electrons. The predicted octanol–water partition coefficient (Wildman–Crippen LogP) is 2.10. The van der Waals surface area contributed by atoms with Crippen molar-refractivity contribution >= 4 is 16.7 Å². The summed E-state index contributed by atoms with van der Waals surface area (Å²) in [4.78, 5) is 12.7. The van der Waals surface area contributed by atoms with E-state index >= 15 is 0 Å². The van der Waals surface area contributed by atoms with Crippen LogP contribution >= 0.6 is 0 Å². The van der Waals surface area contributed by atoms with Gasteiger partial charge in [0, 0.05) is 50.5 Å². The average molecular weight is 332 g/mol. The van der Waals surface area contributed by atoms with Crippen LogP contribution in [0.2, 0.25) is 0 Å². The summed E-state index contributed by atoms with van der Waals surface area (Å²) in [5.74, 6) is 1.34. The Hall–Kier alpha value is -0.806. The molecule has 1 radical (unpaired) electrons. The van der Waals surface area contributed by atoms with Crippen LogP contribution in [-0.4, -0.2) is 28.1 Å². The number of nitrogens with zero attached hydrogens (tertiary/aromatic N) is 3. The van der Waals surface area contributed by atoms with Crippen molar-refractivity contribution < 1.29 is 37.4 Å². The van der Waals surface area contributed by atoms with Crippen molar-refractivity contribution in [2.75, 3.05) is 12.4 Å². The fraction of sp³-hybridized carbons (Fsp3) is 0.462. The zero-order valence-electron chi connectivity index (χ0n) is 11.1. The smallest absolute Gasteiger partial charge is 0.201 e. The summed E-state index contributed by atoms with van der Waals surface area (Å²) in [6, 6.07) is 1.92. The molecule has 0 aliphatic heterocycles. The number of aromatic nitrogens is 3. The van der Waals surface area contributed by atoms with Gasteiger partial charge >= 0.3 is 0 Å². The maximum atomic E-state index is 5.94. The molecule has 1 N–H and O–H groups in total. The molecule has 2 heterocycles. The molecular weight excluding hydrogens is 317 g/mol. The van der Waals surface area contributed by atoms with Crippen LogP contribution in [-0.2, 0) is 32.7 Å². The number of aryl methyl sites for hydroxylation is 1. The van der Waals surface area contributed by atoms with Gasteiger partial charge in [0.25, 0.3) is 0 Å². The van der Waals surface area contributed by atoms with E-state index in [-0.39, 0.29) is 38.8 Å². The van der Waals surface area contributed by atoms with Gasteiger partial charge in [-0.25, -0.2) is 4.98 Å². The van der Waals surface area contributed by atoms with Gasteiger partial charge in [-0.05, 0) is 44.1 Å². The van der Waals surface area contributed by atoms with E-state index in [1.165, 1.54) is 6.42 Å². The van der Waals surface area contributed by atoms with Gasteiger partial charge in [0.2, 0.25) is 5.88 Å². The number of rotatable bonds is 3. The van der Waals surface area contributed by atoms with Gasteiger partial charge in [-0.1, -0.05) is 6.07 Å². The van der Waals surface area contributed by atoms with Gasteiger partial charge in [-0.3, -0.25) is 0 Å². The Labute approximate surface area is 137 Å². The molecule has 0 saturated heterocycles. The van der Waals surface area contributed by atoms with E-state index in [0.29, 0.717) is 11.7 Å². The monoisotopic (exact) mass is 332 g/mol. The fourth-order valence-electron chi connectivity index (χ4n) is 2.04. The Bertz CT molecular complexity index is 586. The zero-order chi connectivity index (χ0) is 12.5. The number of nitrogens with one attached hydrogen (secondary N) is 1. The first-order chi connectivity index (χ1) is 8.78.